The fourth-order valence-electron chi connectivity index (χ4n) is 7.35. The minimum absolute atomic E-state index is 0.0219. The van der Waals surface area contributed by atoms with E-state index in [4.69, 9.17) is 0 Å². The smallest absolute Gasteiger partial charge is 0.155 e. The molecule has 0 aromatic heterocycles. The fourth-order valence-corrected chi connectivity index (χ4v) is 7.35. The number of Topliss-reactive ketones (excluding diaryl/α,β-unsaturated/α-hetero) is 1. The van der Waals surface area contributed by atoms with Crippen molar-refractivity contribution < 1.29 is 14.7 Å². The van der Waals surface area contributed by atoms with Gasteiger partial charge in [-0.1, -0.05) is 19.4 Å². The monoisotopic (exact) mass is 330 g/mol. The van der Waals surface area contributed by atoms with Crippen LogP contribution in [-0.4, -0.2) is 22.8 Å². The molecule has 3 fully saturated rings. The summed E-state index contributed by atoms with van der Waals surface area (Å²) in [7, 11) is 0. The minimum Gasteiger partial charge on any atom is -0.393 e. The summed E-state index contributed by atoms with van der Waals surface area (Å²) in [6, 6.07) is 0. The molecule has 0 unspecified atom stereocenters. The van der Waals surface area contributed by atoms with Gasteiger partial charge in [0, 0.05) is 12.3 Å². The van der Waals surface area contributed by atoms with E-state index in [0.29, 0.717) is 24.0 Å². The van der Waals surface area contributed by atoms with Gasteiger partial charge in [0.15, 0.2) is 5.78 Å². The van der Waals surface area contributed by atoms with Crippen LogP contribution in [0, 0.1) is 34.5 Å². The van der Waals surface area contributed by atoms with E-state index in [1.807, 2.05) is 6.08 Å². The summed E-state index contributed by atoms with van der Waals surface area (Å²) in [5, 5.41) is 11.2. The van der Waals surface area contributed by atoms with Gasteiger partial charge in [-0.15, -0.1) is 0 Å². The summed E-state index contributed by atoms with van der Waals surface area (Å²) in [6.07, 6.45) is 7.97. The molecule has 7 atom stereocenters. The molecule has 24 heavy (non-hydrogen) atoms. The van der Waals surface area contributed by atoms with Crippen LogP contribution in [0.5, 0.6) is 0 Å². The highest BCUT2D eigenvalue weighted by Gasteiger charge is 2.62. The lowest BCUT2D eigenvalue weighted by Gasteiger charge is -2.59. The maximum absolute atomic E-state index is 12.2. The molecule has 0 amide bonds. The number of carbonyl (C=O) groups excluding carboxylic acids is 2. The van der Waals surface area contributed by atoms with E-state index in [1.54, 1.807) is 6.92 Å². The third-order valence-electron chi connectivity index (χ3n) is 8.38. The van der Waals surface area contributed by atoms with Crippen molar-refractivity contribution in [2.45, 2.75) is 71.8 Å². The van der Waals surface area contributed by atoms with Gasteiger partial charge in [-0.05, 0) is 80.1 Å². The first-order chi connectivity index (χ1) is 11.3. The quantitative estimate of drug-likeness (QED) is 0.797. The zero-order valence-corrected chi connectivity index (χ0v) is 15.2. The number of aliphatic hydroxyl groups is 1. The van der Waals surface area contributed by atoms with E-state index < -0.39 is 0 Å². The molecular weight excluding hydrogens is 300 g/mol. The lowest BCUT2D eigenvalue weighted by molar-refractivity contribution is -0.143. The molecule has 4 aliphatic rings. The van der Waals surface area contributed by atoms with Crippen LogP contribution in [0.3, 0.4) is 0 Å². The standard InChI is InChI=1S/C21H30O3/c1-12(22)16-6-7-17-15-5-4-13-10-14(23)8-9-20(13,2)19(15)18(24)11-21(16,17)3/h10,15-19,24H,4-9,11H2,1-3H3/t15-,16-,17-,18+,19+,20+,21-/m1/s1. The van der Waals surface area contributed by atoms with Gasteiger partial charge in [-0.25, -0.2) is 0 Å². The van der Waals surface area contributed by atoms with Crippen molar-refractivity contribution in [1.29, 1.82) is 0 Å². The van der Waals surface area contributed by atoms with Crippen LogP contribution < -0.4 is 0 Å². The molecule has 0 heterocycles. The SMILES string of the molecule is CC(=O)[C@H]1CC[C@@H]2[C@H]3CCC4=CC(=O)CC[C@]4(C)[C@@H]3[C@@H](O)C[C@]12C. The molecule has 3 saturated carbocycles. The average Bonchev–Trinajstić information content (AvgIpc) is 2.84. The van der Waals surface area contributed by atoms with Gasteiger partial charge in [0.05, 0.1) is 6.10 Å². The van der Waals surface area contributed by atoms with E-state index in [9.17, 15) is 14.7 Å². The predicted octanol–water partition coefficient (Wildman–Crippen LogP) is 3.69. The van der Waals surface area contributed by atoms with Crippen molar-refractivity contribution in [3.63, 3.8) is 0 Å². The van der Waals surface area contributed by atoms with Crippen LogP contribution in [0.25, 0.3) is 0 Å². The first-order valence-electron chi connectivity index (χ1n) is 9.70. The van der Waals surface area contributed by atoms with E-state index >= 15 is 0 Å². The number of hydrogen-bond donors (Lipinski definition) is 1. The highest BCUT2D eigenvalue weighted by atomic mass is 16.3. The van der Waals surface area contributed by atoms with Gasteiger partial charge in [0.1, 0.15) is 5.78 Å². The molecule has 0 radical (unpaired) electrons. The zero-order chi connectivity index (χ0) is 17.3. The molecule has 4 rings (SSSR count). The Labute approximate surface area is 144 Å². The van der Waals surface area contributed by atoms with Crippen LogP contribution in [-0.2, 0) is 9.59 Å². The first-order valence-corrected chi connectivity index (χ1v) is 9.70. The van der Waals surface area contributed by atoms with Crippen LogP contribution in [0.4, 0.5) is 0 Å². The summed E-state index contributed by atoms with van der Waals surface area (Å²) in [5.41, 5.74) is 1.23. The number of ketones is 2. The van der Waals surface area contributed by atoms with E-state index in [1.165, 1.54) is 5.57 Å². The van der Waals surface area contributed by atoms with Crippen LogP contribution in [0.2, 0.25) is 0 Å². The topological polar surface area (TPSA) is 54.4 Å². The number of allylic oxidation sites excluding steroid dienone is 1. The largest absolute Gasteiger partial charge is 0.393 e. The van der Waals surface area contributed by atoms with Crippen molar-refractivity contribution >= 4 is 11.6 Å². The maximum atomic E-state index is 12.2. The molecule has 0 aromatic carbocycles. The molecule has 0 spiro atoms. The van der Waals surface area contributed by atoms with Gasteiger partial charge in [0.2, 0.25) is 0 Å². The molecule has 0 bridgehead atoms. The van der Waals surface area contributed by atoms with E-state index in [0.717, 1.165) is 38.5 Å². The molecule has 3 nitrogen and oxygen atoms in total. The summed E-state index contributed by atoms with van der Waals surface area (Å²) < 4.78 is 0. The van der Waals surface area contributed by atoms with Crippen molar-refractivity contribution in [2.75, 3.05) is 0 Å². The Balaban J connectivity index is 1.72. The zero-order valence-electron chi connectivity index (χ0n) is 15.2. The summed E-state index contributed by atoms with van der Waals surface area (Å²) in [5.74, 6) is 1.99. The van der Waals surface area contributed by atoms with Crippen molar-refractivity contribution in [2.24, 2.45) is 34.5 Å². The predicted molar refractivity (Wildman–Crippen MR) is 92.3 cm³/mol. The number of carbonyl (C=O) groups is 2. The molecule has 4 aliphatic carbocycles. The van der Waals surface area contributed by atoms with Crippen molar-refractivity contribution in [3.8, 4) is 0 Å². The molecule has 3 heteroatoms. The average molecular weight is 330 g/mol. The van der Waals surface area contributed by atoms with Gasteiger partial charge in [0.25, 0.3) is 0 Å². The number of fused-ring (bicyclic) bond motifs is 5. The van der Waals surface area contributed by atoms with Crippen molar-refractivity contribution in [3.05, 3.63) is 11.6 Å². The first kappa shape index (κ1) is 16.5. The highest BCUT2D eigenvalue weighted by Crippen LogP contribution is 2.66. The Hall–Kier alpha value is -0.960. The van der Waals surface area contributed by atoms with Crippen molar-refractivity contribution in [1.82, 2.24) is 0 Å². The van der Waals surface area contributed by atoms with Crippen LogP contribution in [0.1, 0.15) is 65.7 Å². The van der Waals surface area contributed by atoms with E-state index in [2.05, 4.69) is 13.8 Å². The molecule has 0 saturated heterocycles. The highest BCUT2D eigenvalue weighted by molar-refractivity contribution is 5.91. The molecule has 0 aliphatic heterocycles. The van der Waals surface area contributed by atoms with E-state index in [-0.39, 0.29) is 34.6 Å². The molecular formula is C21H30O3. The number of hydrogen-bond acceptors (Lipinski definition) is 3. The molecule has 132 valence electrons. The van der Waals surface area contributed by atoms with Crippen LogP contribution >= 0.6 is 0 Å². The Kier molecular flexibility index (Phi) is 3.62. The van der Waals surface area contributed by atoms with Gasteiger partial charge < -0.3 is 5.11 Å². The number of aliphatic hydroxyl groups excluding tert-OH is 1. The number of rotatable bonds is 1. The lowest BCUT2D eigenvalue weighted by Crippen LogP contribution is -2.56. The Morgan fingerprint density at radius 3 is 2.67 bits per heavy atom. The molecule has 1 N–H and O–H groups in total. The summed E-state index contributed by atoms with van der Waals surface area (Å²) in [4.78, 5) is 24.0. The second-order valence-electron chi connectivity index (χ2n) is 9.41. The summed E-state index contributed by atoms with van der Waals surface area (Å²) >= 11 is 0. The summed E-state index contributed by atoms with van der Waals surface area (Å²) in [6.45, 7) is 6.27. The normalized spacial score (nSPS) is 50.6. The molecule has 0 aromatic rings. The third-order valence-corrected chi connectivity index (χ3v) is 8.38. The Morgan fingerprint density at radius 2 is 1.96 bits per heavy atom. The fraction of sp³-hybridized carbons (Fsp3) is 0.810. The Morgan fingerprint density at radius 1 is 1.21 bits per heavy atom. The third kappa shape index (κ3) is 2.06. The van der Waals surface area contributed by atoms with Gasteiger partial charge in [-0.2, -0.15) is 0 Å². The van der Waals surface area contributed by atoms with Crippen LogP contribution in [0.15, 0.2) is 11.6 Å². The second-order valence-corrected chi connectivity index (χ2v) is 9.41. The minimum atomic E-state index is -0.349. The second kappa shape index (κ2) is 5.27. The maximum Gasteiger partial charge on any atom is 0.155 e. The Bertz CT molecular complexity index is 621. The lowest BCUT2D eigenvalue weighted by atomic mass is 9.46. The van der Waals surface area contributed by atoms with Gasteiger partial charge in [-0.3, -0.25) is 9.59 Å². The van der Waals surface area contributed by atoms with Gasteiger partial charge >= 0.3 is 0 Å².